The van der Waals surface area contributed by atoms with Crippen LogP contribution in [0.2, 0.25) is 0 Å². The van der Waals surface area contributed by atoms with Crippen LogP contribution in [0.15, 0.2) is 136 Å². The van der Waals surface area contributed by atoms with E-state index in [2.05, 4.69) is 58.5 Å². The molecule has 4 aromatic carbocycles. The van der Waals surface area contributed by atoms with Crippen molar-refractivity contribution >= 4 is 23.8 Å². The predicted octanol–water partition coefficient (Wildman–Crippen LogP) is 8.11. The maximum absolute atomic E-state index is 5.86. The molecule has 0 spiro atoms. The molecule has 3 nitrogen and oxygen atoms in total. The van der Waals surface area contributed by atoms with Gasteiger partial charge in [0.05, 0.1) is 23.8 Å². The van der Waals surface area contributed by atoms with Crippen LogP contribution in [-0.2, 0) is 0 Å². The summed E-state index contributed by atoms with van der Waals surface area (Å²) < 4.78 is 5.86. The van der Waals surface area contributed by atoms with Crippen molar-refractivity contribution in [2.75, 3.05) is 0 Å². The SMILES string of the molecule is C(=Nc1cccc(-c2ccccc2)c1)c1ccc(C=Nc2cccc(-c3ccccc3)c2)o1. The van der Waals surface area contributed by atoms with Gasteiger partial charge in [-0.1, -0.05) is 84.9 Å². The minimum Gasteiger partial charge on any atom is -0.454 e. The van der Waals surface area contributed by atoms with Crippen LogP contribution in [0.4, 0.5) is 11.4 Å². The molecule has 0 N–H and O–H groups in total. The average Bonchev–Trinajstić information content (AvgIpc) is 3.36. The molecule has 0 amide bonds. The van der Waals surface area contributed by atoms with Crippen molar-refractivity contribution in [3.63, 3.8) is 0 Å². The molecule has 0 aliphatic heterocycles. The molecule has 3 heteroatoms. The number of aliphatic imine (C=N–C) groups is 2. The van der Waals surface area contributed by atoms with Gasteiger partial charge in [0.25, 0.3) is 0 Å². The Hall–Kier alpha value is -4.50. The van der Waals surface area contributed by atoms with Crippen LogP contribution in [-0.4, -0.2) is 12.4 Å². The molecule has 0 aliphatic carbocycles. The topological polar surface area (TPSA) is 37.9 Å². The summed E-state index contributed by atoms with van der Waals surface area (Å²) in [6.07, 6.45) is 3.47. The highest BCUT2D eigenvalue weighted by Crippen LogP contribution is 2.25. The first-order valence-corrected chi connectivity index (χ1v) is 10.8. The third kappa shape index (κ3) is 5.23. The summed E-state index contributed by atoms with van der Waals surface area (Å²) in [6, 6.07) is 40.6. The molecule has 0 fully saturated rings. The van der Waals surface area contributed by atoms with Gasteiger partial charge in [-0.25, -0.2) is 0 Å². The van der Waals surface area contributed by atoms with Crippen LogP contribution >= 0.6 is 0 Å². The van der Waals surface area contributed by atoms with Gasteiger partial charge in [0, 0.05) is 0 Å². The summed E-state index contributed by atoms with van der Waals surface area (Å²) in [5.74, 6) is 1.36. The zero-order valence-corrected chi connectivity index (χ0v) is 18.0. The molecular formula is C30H22N2O. The van der Waals surface area contributed by atoms with Gasteiger partial charge in [0.2, 0.25) is 0 Å². The number of nitrogens with zero attached hydrogens (tertiary/aromatic N) is 2. The van der Waals surface area contributed by atoms with Gasteiger partial charge in [-0.15, -0.1) is 0 Å². The fourth-order valence-corrected chi connectivity index (χ4v) is 3.58. The Kier molecular flexibility index (Phi) is 6.03. The van der Waals surface area contributed by atoms with Gasteiger partial charge in [0.15, 0.2) is 0 Å². The highest BCUT2D eigenvalue weighted by atomic mass is 16.3. The van der Waals surface area contributed by atoms with E-state index < -0.39 is 0 Å². The molecule has 0 atom stereocenters. The molecule has 0 radical (unpaired) electrons. The lowest BCUT2D eigenvalue weighted by molar-refractivity contribution is 0.553. The Bertz CT molecular complexity index is 1290. The van der Waals surface area contributed by atoms with Gasteiger partial charge in [0.1, 0.15) is 11.5 Å². The molecule has 1 heterocycles. The van der Waals surface area contributed by atoms with Crippen molar-refractivity contribution in [3.05, 3.63) is 133 Å². The van der Waals surface area contributed by atoms with Crippen molar-refractivity contribution in [2.45, 2.75) is 0 Å². The fraction of sp³-hybridized carbons (Fsp3) is 0. The Morgan fingerprint density at radius 3 is 1.30 bits per heavy atom. The van der Waals surface area contributed by atoms with E-state index in [-0.39, 0.29) is 0 Å². The standard InChI is InChI=1S/C30H22N2O/c1-3-9-23(10-4-1)25-13-7-15-27(19-25)31-21-29-17-18-30(33-29)22-32-28-16-8-14-26(20-28)24-11-5-2-6-12-24/h1-22H. The molecule has 5 rings (SSSR count). The second-order valence-electron chi connectivity index (χ2n) is 7.59. The summed E-state index contributed by atoms with van der Waals surface area (Å²) in [7, 11) is 0. The van der Waals surface area contributed by atoms with Gasteiger partial charge in [-0.05, 0) is 58.7 Å². The molecule has 158 valence electrons. The van der Waals surface area contributed by atoms with Crippen molar-refractivity contribution in [1.82, 2.24) is 0 Å². The summed E-state index contributed by atoms with van der Waals surface area (Å²) >= 11 is 0. The van der Waals surface area contributed by atoms with E-state index in [1.807, 2.05) is 72.8 Å². The van der Waals surface area contributed by atoms with E-state index in [4.69, 9.17) is 4.42 Å². The third-order valence-corrected chi connectivity index (χ3v) is 5.24. The Balaban J connectivity index is 1.28. The van der Waals surface area contributed by atoms with Crippen molar-refractivity contribution in [1.29, 1.82) is 0 Å². The van der Waals surface area contributed by atoms with Crippen LogP contribution in [0.5, 0.6) is 0 Å². The Morgan fingerprint density at radius 2 is 0.848 bits per heavy atom. The van der Waals surface area contributed by atoms with E-state index >= 15 is 0 Å². The second-order valence-corrected chi connectivity index (χ2v) is 7.59. The number of benzene rings is 4. The second kappa shape index (κ2) is 9.75. The van der Waals surface area contributed by atoms with Crippen LogP contribution in [0.1, 0.15) is 11.5 Å². The van der Waals surface area contributed by atoms with Crippen LogP contribution in [0.25, 0.3) is 22.3 Å². The lowest BCUT2D eigenvalue weighted by atomic mass is 10.1. The summed E-state index contributed by atoms with van der Waals surface area (Å²) in [5.41, 5.74) is 6.36. The number of furan rings is 1. The first-order valence-electron chi connectivity index (χ1n) is 10.8. The van der Waals surface area contributed by atoms with Crippen LogP contribution in [0.3, 0.4) is 0 Å². The first-order chi connectivity index (χ1) is 16.3. The number of hydrogen-bond donors (Lipinski definition) is 0. The lowest BCUT2D eigenvalue weighted by Crippen LogP contribution is -1.79. The molecule has 5 aromatic rings. The maximum atomic E-state index is 5.86. The summed E-state index contributed by atoms with van der Waals surface area (Å²) in [5, 5.41) is 0. The number of hydrogen-bond acceptors (Lipinski definition) is 3. The normalized spacial score (nSPS) is 11.4. The van der Waals surface area contributed by atoms with E-state index in [1.54, 1.807) is 12.4 Å². The van der Waals surface area contributed by atoms with Crippen LogP contribution < -0.4 is 0 Å². The molecule has 0 bridgehead atoms. The van der Waals surface area contributed by atoms with E-state index in [0.717, 1.165) is 22.5 Å². The monoisotopic (exact) mass is 426 g/mol. The Labute approximate surface area is 193 Å². The van der Waals surface area contributed by atoms with E-state index in [0.29, 0.717) is 11.5 Å². The largest absolute Gasteiger partial charge is 0.454 e. The molecular weight excluding hydrogens is 404 g/mol. The molecule has 0 saturated heterocycles. The molecule has 1 aromatic heterocycles. The molecule has 0 aliphatic rings. The van der Waals surface area contributed by atoms with Gasteiger partial charge in [-0.2, -0.15) is 0 Å². The predicted molar refractivity (Wildman–Crippen MR) is 137 cm³/mol. The van der Waals surface area contributed by atoms with E-state index in [9.17, 15) is 0 Å². The first kappa shape index (κ1) is 20.4. The van der Waals surface area contributed by atoms with Gasteiger partial charge >= 0.3 is 0 Å². The zero-order chi connectivity index (χ0) is 22.3. The smallest absolute Gasteiger partial charge is 0.145 e. The lowest BCUT2D eigenvalue weighted by Gasteiger charge is -2.02. The van der Waals surface area contributed by atoms with E-state index in [1.165, 1.54) is 11.1 Å². The third-order valence-electron chi connectivity index (χ3n) is 5.24. The number of rotatable bonds is 6. The minimum atomic E-state index is 0.680. The molecule has 0 saturated carbocycles. The summed E-state index contributed by atoms with van der Waals surface area (Å²) in [4.78, 5) is 9.15. The summed E-state index contributed by atoms with van der Waals surface area (Å²) in [6.45, 7) is 0. The van der Waals surface area contributed by atoms with Crippen molar-refractivity contribution in [3.8, 4) is 22.3 Å². The highest BCUT2D eigenvalue weighted by Gasteiger charge is 2.01. The average molecular weight is 427 g/mol. The zero-order valence-electron chi connectivity index (χ0n) is 18.0. The Morgan fingerprint density at radius 1 is 0.424 bits per heavy atom. The fourth-order valence-electron chi connectivity index (χ4n) is 3.58. The maximum Gasteiger partial charge on any atom is 0.145 e. The van der Waals surface area contributed by atoms with Gasteiger partial charge in [-0.3, -0.25) is 9.98 Å². The highest BCUT2D eigenvalue weighted by molar-refractivity contribution is 5.84. The molecule has 33 heavy (non-hydrogen) atoms. The van der Waals surface area contributed by atoms with Crippen LogP contribution in [0, 0.1) is 0 Å². The van der Waals surface area contributed by atoms with Crippen molar-refractivity contribution < 1.29 is 4.42 Å². The molecule has 0 unspecified atom stereocenters. The quantitative estimate of drug-likeness (QED) is 0.253. The van der Waals surface area contributed by atoms with Crippen molar-refractivity contribution in [2.24, 2.45) is 9.98 Å². The minimum absolute atomic E-state index is 0.680. The van der Waals surface area contributed by atoms with Gasteiger partial charge < -0.3 is 4.42 Å².